The van der Waals surface area contributed by atoms with Crippen molar-refractivity contribution in [2.45, 2.75) is 18.7 Å². The normalized spacial score (nSPS) is 14.4. The highest BCUT2D eigenvalue weighted by molar-refractivity contribution is 7.90. The van der Waals surface area contributed by atoms with E-state index in [1.807, 2.05) is 38.1 Å². The molecule has 1 N–H and O–H groups in total. The predicted molar refractivity (Wildman–Crippen MR) is 148 cm³/mol. The molecule has 196 valence electrons. The molecule has 10 heteroatoms. The summed E-state index contributed by atoms with van der Waals surface area (Å²) < 4.78 is 33.0. The number of aryl methyl sites for hydroxylation is 2. The van der Waals surface area contributed by atoms with Gasteiger partial charge in [0.05, 0.1) is 4.90 Å². The van der Waals surface area contributed by atoms with Crippen LogP contribution in [0.5, 0.6) is 5.75 Å². The van der Waals surface area contributed by atoms with Gasteiger partial charge in [-0.2, -0.15) is 0 Å². The lowest BCUT2D eigenvalue weighted by Crippen LogP contribution is -2.47. The quantitative estimate of drug-likeness (QED) is 0.420. The molecule has 1 saturated heterocycles. The fraction of sp³-hybridized carbons (Fsp3) is 0.296. The average molecular weight is 563 g/mol. The molecule has 0 bridgehead atoms. The summed E-state index contributed by atoms with van der Waals surface area (Å²) in [5.41, 5.74) is 3.28. The molecule has 1 aliphatic rings. The van der Waals surface area contributed by atoms with E-state index in [9.17, 15) is 13.2 Å². The summed E-state index contributed by atoms with van der Waals surface area (Å²) in [5, 5.41) is 1.19. The first-order valence-electron chi connectivity index (χ1n) is 11.9. The van der Waals surface area contributed by atoms with E-state index in [1.165, 1.54) is 24.3 Å². The fourth-order valence-electron chi connectivity index (χ4n) is 4.19. The maximum Gasteiger partial charge on any atom is 0.264 e. The maximum atomic E-state index is 12.5. The van der Waals surface area contributed by atoms with Crippen LogP contribution in [0.15, 0.2) is 65.6 Å². The van der Waals surface area contributed by atoms with Crippen LogP contribution in [0, 0.1) is 13.8 Å². The summed E-state index contributed by atoms with van der Waals surface area (Å²) in [6, 6.07) is 16.5. The molecule has 0 radical (unpaired) electrons. The number of nitrogens with one attached hydrogen (secondary N) is 1. The Balaban J connectivity index is 1.25. The largest absolute Gasteiger partial charge is 0.492 e. The van der Waals surface area contributed by atoms with Crippen LogP contribution in [0.1, 0.15) is 21.5 Å². The molecular formula is C27H29Cl2N3O4S. The summed E-state index contributed by atoms with van der Waals surface area (Å²) in [6.45, 7) is 8.85. The third-order valence-electron chi connectivity index (χ3n) is 6.30. The maximum absolute atomic E-state index is 12.5. The minimum Gasteiger partial charge on any atom is -0.492 e. The van der Waals surface area contributed by atoms with Crippen molar-refractivity contribution >= 4 is 44.8 Å². The van der Waals surface area contributed by atoms with Crippen LogP contribution in [-0.4, -0.2) is 58.6 Å². The monoisotopic (exact) mass is 561 g/mol. The number of piperazine rings is 1. The number of amides is 1. The van der Waals surface area contributed by atoms with Gasteiger partial charge in [0.2, 0.25) is 0 Å². The number of benzene rings is 3. The molecule has 1 fully saturated rings. The minimum atomic E-state index is -3.98. The van der Waals surface area contributed by atoms with E-state index in [0.717, 1.165) is 60.3 Å². The van der Waals surface area contributed by atoms with E-state index >= 15 is 0 Å². The number of ether oxygens (including phenoxy) is 1. The lowest BCUT2D eigenvalue weighted by atomic mass is 10.1. The molecule has 37 heavy (non-hydrogen) atoms. The molecular weight excluding hydrogens is 533 g/mol. The average Bonchev–Trinajstić information content (AvgIpc) is 2.88. The van der Waals surface area contributed by atoms with E-state index in [0.29, 0.717) is 11.6 Å². The van der Waals surface area contributed by atoms with Crippen molar-refractivity contribution in [3.63, 3.8) is 0 Å². The lowest BCUT2D eigenvalue weighted by molar-refractivity contribution is 0.0981. The van der Waals surface area contributed by atoms with E-state index in [1.54, 1.807) is 12.1 Å². The number of hydrogen-bond acceptors (Lipinski definition) is 6. The first kappa shape index (κ1) is 27.3. The van der Waals surface area contributed by atoms with E-state index in [-0.39, 0.29) is 10.5 Å². The number of rotatable bonds is 8. The van der Waals surface area contributed by atoms with E-state index in [2.05, 4.69) is 14.5 Å². The summed E-state index contributed by atoms with van der Waals surface area (Å²) >= 11 is 12.0. The number of carbonyl (C=O) groups is 1. The minimum absolute atomic E-state index is 0.0245. The Kier molecular flexibility index (Phi) is 8.64. The Morgan fingerprint density at radius 3 is 2.11 bits per heavy atom. The van der Waals surface area contributed by atoms with Crippen LogP contribution < -0.4 is 14.4 Å². The fourth-order valence-corrected chi connectivity index (χ4v) is 5.40. The highest BCUT2D eigenvalue weighted by Gasteiger charge is 2.20. The van der Waals surface area contributed by atoms with Gasteiger partial charge in [0.1, 0.15) is 12.4 Å². The lowest BCUT2D eigenvalue weighted by Gasteiger charge is -2.36. The number of anilines is 1. The molecule has 0 aliphatic carbocycles. The molecule has 1 heterocycles. The number of nitrogens with zero attached hydrogens (tertiary/aromatic N) is 2. The molecule has 7 nitrogen and oxygen atoms in total. The van der Waals surface area contributed by atoms with Gasteiger partial charge >= 0.3 is 0 Å². The second kappa shape index (κ2) is 11.7. The van der Waals surface area contributed by atoms with Crippen molar-refractivity contribution in [1.82, 2.24) is 9.62 Å². The standard InChI is InChI=1S/C27H29Cl2N3O4S/c1-19-17-24(18-20(2)26(19)29)36-16-15-31-11-13-32(14-12-31)23-7-3-21(4-8-23)27(33)30-37(34,35)25-9-5-22(28)6-10-25/h3-10,17-18H,11-16H2,1-2H3,(H,30,33). The molecule has 0 atom stereocenters. The number of carbonyl (C=O) groups excluding carboxylic acids is 1. The van der Waals surface area contributed by atoms with Gasteiger partial charge in [0, 0.05) is 54.0 Å². The topological polar surface area (TPSA) is 79.0 Å². The molecule has 4 rings (SSSR count). The molecule has 0 unspecified atom stereocenters. The first-order chi connectivity index (χ1) is 17.6. The Morgan fingerprint density at radius 2 is 1.51 bits per heavy atom. The highest BCUT2D eigenvalue weighted by Crippen LogP contribution is 2.26. The van der Waals surface area contributed by atoms with Crippen LogP contribution in [0.2, 0.25) is 10.0 Å². The summed E-state index contributed by atoms with van der Waals surface area (Å²) in [6.07, 6.45) is 0. The highest BCUT2D eigenvalue weighted by atomic mass is 35.5. The van der Waals surface area contributed by atoms with Crippen molar-refractivity contribution in [1.29, 1.82) is 0 Å². The third-order valence-corrected chi connectivity index (χ3v) is 8.50. The van der Waals surface area contributed by atoms with Gasteiger partial charge in [-0.15, -0.1) is 0 Å². The van der Waals surface area contributed by atoms with Crippen LogP contribution in [0.3, 0.4) is 0 Å². The van der Waals surface area contributed by atoms with Crippen molar-refractivity contribution in [2.75, 3.05) is 44.2 Å². The number of sulfonamides is 1. The van der Waals surface area contributed by atoms with Crippen LogP contribution in [0.4, 0.5) is 5.69 Å². The zero-order valence-corrected chi connectivity index (χ0v) is 23.0. The summed E-state index contributed by atoms with van der Waals surface area (Å²) in [4.78, 5) is 17.1. The van der Waals surface area contributed by atoms with Crippen LogP contribution >= 0.6 is 23.2 Å². The summed E-state index contributed by atoms with van der Waals surface area (Å²) in [7, 11) is -3.98. The van der Waals surface area contributed by atoms with Crippen molar-refractivity contribution in [2.24, 2.45) is 0 Å². The molecule has 0 spiro atoms. The molecule has 3 aromatic rings. The van der Waals surface area contributed by atoms with E-state index < -0.39 is 15.9 Å². The van der Waals surface area contributed by atoms with Gasteiger partial charge < -0.3 is 9.64 Å². The van der Waals surface area contributed by atoms with Crippen molar-refractivity contribution in [3.8, 4) is 5.75 Å². The van der Waals surface area contributed by atoms with Crippen LogP contribution in [0.25, 0.3) is 0 Å². The zero-order valence-electron chi connectivity index (χ0n) is 20.7. The van der Waals surface area contributed by atoms with Gasteiger partial charge in [-0.05, 0) is 85.6 Å². The van der Waals surface area contributed by atoms with Crippen LogP contribution in [-0.2, 0) is 10.0 Å². The van der Waals surface area contributed by atoms with Crippen molar-refractivity contribution in [3.05, 3.63) is 87.4 Å². The van der Waals surface area contributed by atoms with Crippen molar-refractivity contribution < 1.29 is 17.9 Å². The second-order valence-corrected chi connectivity index (χ2v) is 11.5. The van der Waals surface area contributed by atoms with Gasteiger partial charge in [-0.25, -0.2) is 13.1 Å². The Labute approximate surface area is 228 Å². The second-order valence-electron chi connectivity index (χ2n) is 8.98. The third kappa shape index (κ3) is 6.96. The van der Waals surface area contributed by atoms with Gasteiger partial charge in [0.15, 0.2) is 0 Å². The molecule has 1 amide bonds. The molecule has 1 aliphatic heterocycles. The first-order valence-corrected chi connectivity index (χ1v) is 14.2. The molecule has 0 aromatic heterocycles. The predicted octanol–water partition coefficient (Wildman–Crippen LogP) is 4.93. The summed E-state index contributed by atoms with van der Waals surface area (Å²) in [5.74, 6) is 0.153. The van der Waals surface area contributed by atoms with Gasteiger partial charge in [-0.1, -0.05) is 23.2 Å². The Morgan fingerprint density at radius 1 is 0.919 bits per heavy atom. The smallest absolute Gasteiger partial charge is 0.264 e. The number of halogens is 2. The Hall–Kier alpha value is -2.78. The van der Waals surface area contributed by atoms with Gasteiger partial charge in [0.25, 0.3) is 15.9 Å². The van der Waals surface area contributed by atoms with Gasteiger partial charge in [-0.3, -0.25) is 9.69 Å². The molecule has 3 aromatic carbocycles. The zero-order chi connectivity index (χ0) is 26.6. The molecule has 0 saturated carbocycles. The van der Waals surface area contributed by atoms with E-state index in [4.69, 9.17) is 27.9 Å². The Bertz CT molecular complexity index is 1330. The SMILES string of the molecule is Cc1cc(OCCN2CCN(c3ccc(C(=O)NS(=O)(=O)c4ccc(Cl)cc4)cc3)CC2)cc(C)c1Cl. The number of hydrogen-bond donors (Lipinski definition) is 1.